The Balaban J connectivity index is 1.81. The number of ether oxygens (including phenoxy) is 3. The monoisotopic (exact) mass is 265 g/mol. The molecule has 104 valence electrons. The summed E-state index contributed by atoms with van der Waals surface area (Å²) in [5.41, 5.74) is 2.11. The first kappa shape index (κ1) is 12.6. The van der Waals surface area contributed by atoms with Crippen molar-refractivity contribution in [2.24, 2.45) is 5.41 Å². The van der Waals surface area contributed by atoms with Crippen LogP contribution < -0.4 is 14.4 Å². The van der Waals surface area contributed by atoms with Gasteiger partial charge in [0.15, 0.2) is 11.5 Å². The standard InChI is InChI=1S/C14H19NO4/c1-10-3-12-13(19-9-18-12)4-11(10)15(2)5-14(6-16)7-17-8-14/h3-4,16H,5-9H2,1-2H3. The number of aliphatic hydroxyl groups excluding tert-OH is 1. The molecule has 0 atom stereocenters. The average molecular weight is 265 g/mol. The molecule has 5 nitrogen and oxygen atoms in total. The van der Waals surface area contributed by atoms with E-state index in [2.05, 4.69) is 11.8 Å². The van der Waals surface area contributed by atoms with Crippen LogP contribution in [0.5, 0.6) is 11.5 Å². The Labute approximate surface area is 112 Å². The molecule has 1 N–H and O–H groups in total. The molecule has 5 heteroatoms. The lowest BCUT2D eigenvalue weighted by Gasteiger charge is -2.43. The van der Waals surface area contributed by atoms with E-state index in [1.165, 1.54) is 0 Å². The molecule has 1 aromatic carbocycles. The van der Waals surface area contributed by atoms with Crippen LogP contribution in [0.1, 0.15) is 5.56 Å². The van der Waals surface area contributed by atoms with Gasteiger partial charge in [0.2, 0.25) is 6.79 Å². The molecular weight excluding hydrogens is 246 g/mol. The second-order valence-electron chi connectivity index (χ2n) is 5.50. The minimum absolute atomic E-state index is 0.127. The first-order valence-electron chi connectivity index (χ1n) is 6.44. The summed E-state index contributed by atoms with van der Waals surface area (Å²) in [5, 5.41) is 9.51. The van der Waals surface area contributed by atoms with E-state index >= 15 is 0 Å². The highest BCUT2D eigenvalue weighted by Gasteiger charge is 2.39. The van der Waals surface area contributed by atoms with Gasteiger partial charge in [-0.05, 0) is 18.6 Å². The molecule has 0 bridgehead atoms. The van der Waals surface area contributed by atoms with Gasteiger partial charge in [-0.1, -0.05) is 0 Å². The van der Waals surface area contributed by atoms with E-state index in [9.17, 15) is 5.11 Å². The van der Waals surface area contributed by atoms with E-state index in [1.54, 1.807) is 0 Å². The smallest absolute Gasteiger partial charge is 0.231 e. The van der Waals surface area contributed by atoms with Crippen LogP contribution in [0.4, 0.5) is 5.69 Å². The molecule has 0 aromatic heterocycles. The van der Waals surface area contributed by atoms with E-state index in [0.717, 1.165) is 29.3 Å². The maximum absolute atomic E-state index is 9.51. The summed E-state index contributed by atoms with van der Waals surface area (Å²) in [6, 6.07) is 4.00. The van der Waals surface area contributed by atoms with Crippen LogP contribution >= 0.6 is 0 Å². The van der Waals surface area contributed by atoms with Crippen molar-refractivity contribution in [1.82, 2.24) is 0 Å². The van der Waals surface area contributed by atoms with E-state index in [-0.39, 0.29) is 18.8 Å². The van der Waals surface area contributed by atoms with Gasteiger partial charge in [0, 0.05) is 25.3 Å². The Morgan fingerprint density at radius 2 is 1.95 bits per heavy atom. The van der Waals surface area contributed by atoms with E-state index in [4.69, 9.17) is 14.2 Å². The maximum atomic E-state index is 9.51. The first-order chi connectivity index (χ1) is 9.13. The summed E-state index contributed by atoms with van der Waals surface area (Å²) in [7, 11) is 2.03. The van der Waals surface area contributed by atoms with Gasteiger partial charge in [-0.25, -0.2) is 0 Å². The fourth-order valence-corrected chi connectivity index (χ4v) is 2.66. The van der Waals surface area contributed by atoms with Crippen molar-refractivity contribution in [2.45, 2.75) is 6.92 Å². The second kappa shape index (κ2) is 4.58. The molecule has 2 aliphatic heterocycles. The Morgan fingerprint density at radius 3 is 2.53 bits per heavy atom. The van der Waals surface area contributed by atoms with Gasteiger partial charge in [-0.3, -0.25) is 0 Å². The number of anilines is 1. The molecule has 1 saturated heterocycles. The highest BCUT2D eigenvalue weighted by molar-refractivity contribution is 5.62. The molecular formula is C14H19NO4. The molecule has 0 spiro atoms. The second-order valence-corrected chi connectivity index (χ2v) is 5.50. The zero-order chi connectivity index (χ0) is 13.5. The topological polar surface area (TPSA) is 51.2 Å². The summed E-state index contributed by atoms with van der Waals surface area (Å²) in [6.45, 7) is 4.51. The van der Waals surface area contributed by atoms with Crippen molar-refractivity contribution >= 4 is 5.69 Å². The van der Waals surface area contributed by atoms with Gasteiger partial charge in [-0.2, -0.15) is 0 Å². The minimum atomic E-state index is -0.127. The van der Waals surface area contributed by atoms with Crippen LogP contribution in [0.2, 0.25) is 0 Å². The Bertz CT molecular complexity index is 479. The summed E-state index contributed by atoms with van der Waals surface area (Å²) in [4.78, 5) is 2.15. The Morgan fingerprint density at radius 1 is 1.26 bits per heavy atom. The third kappa shape index (κ3) is 2.13. The van der Waals surface area contributed by atoms with Crippen molar-refractivity contribution in [3.05, 3.63) is 17.7 Å². The van der Waals surface area contributed by atoms with Crippen molar-refractivity contribution in [1.29, 1.82) is 0 Å². The van der Waals surface area contributed by atoms with Gasteiger partial charge in [0.1, 0.15) is 0 Å². The normalized spacial score (nSPS) is 19.1. The first-order valence-corrected chi connectivity index (χ1v) is 6.44. The molecule has 0 saturated carbocycles. The molecule has 1 fully saturated rings. The average Bonchev–Trinajstić information content (AvgIpc) is 2.79. The van der Waals surface area contributed by atoms with Crippen LogP contribution in [0, 0.1) is 12.3 Å². The number of fused-ring (bicyclic) bond motifs is 1. The van der Waals surface area contributed by atoms with Crippen LogP contribution in [0.15, 0.2) is 12.1 Å². The highest BCUT2D eigenvalue weighted by atomic mass is 16.7. The van der Waals surface area contributed by atoms with Gasteiger partial charge in [0.25, 0.3) is 0 Å². The molecule has 19 heavy (non-hydrogen) atoms. The number of hydrogen-bond donors (Lipinski definition) is 1. The highest BCUT2D eigenvalue weighted by Crippen LogP contribution is 2.39. The van der Waals surface area contributed by atoms with Gasteiger partial charge >= 0.3 is 0 Å². The number of nitrogens with zero attached hydrogens (tertiary/aromatic N) is 1. The van der Waals surface area contributed by atoms with E-state index < -0.39 is 0 Å². The fourth-order valence-electron chi connectivity index (χ4n) is 2.66. The SMILES string of the molecule is Cc1cc2c(cc1N(C)CC1(CO)COC1)OCO2. The van der Waals surface area contributed by atoms with Crippen molar-refractivity contribution < 1.29 is 19.3 Å². The van der Waals surface area contributed by atoms with Crippen LogP contribution in [0.3, 0.4) is 0 Å². The van der Waals surface area contributed by atoms with Crippen molar-refractivity contribution in [3.8, 4) is 11.5 Å². The van der Waals surface area contributed by atoms with Crippen molar-refractivity contribution in [2.75, 3.05) is 45.1 Å². The number of benzene rings is 1. The summed E-state index contributed by atoms with van der Waals surface area (Å²) in [5.74, 6) is 1.59. The minimum Gasteiger partial charge on any atom is -0.454 e. The number of aryl methyl sites for hydroxylation is 1. The Hall–Kier alpha value is -1.46. The number of rotatable bonds is 4. The van der Waals surface area contributed by atoms with Crippen LogP contribution in [0.25, 0.3) is 0 Å². The van der Waals surface area contributed by atoms with Gasteiger partial charge in [0.05, 0.1) is 25.2 Å². The molecule has 0 radical (unpaired) electrons. The third-order valence-electron chi connectivity index (χ3n) is 3.83. The van der Waals surface area contributed by atoms with Gasteiger partial charge < -0.3 is 24.2 Å². The molecule has 0 amide bonds. The van der Waals surface area contributed by atoms with Crippen LogP contribution in [-0.4, -0.2) is 45.3 Å². The molecule has 2 heterocycles. The summed E-state index contributed by atoms with van der Waals surface area (Å²) in [6.07, 6.45) is 0. The lowest BCUT2D eigenvalue weighted by atomic mass is 9.86. The summed E-state index contributed by atoms with van der Waals surface area (Å²) >= 11 is 0. The Kier molecular flexibility index (Phi) is 3.03. The third-order valence-corrected chi connectivity index (χ3v) is 3.83. The number of hydrogen-bond acceptors (Lipinski definition) is 5. The maximum Gasteiger partial charge on any atom is 0.231 e. The lowest BCUT2D eigenvalue weighted by molar-refractivity contribution is -0.130. The van der Waals surface area contributed by atoms with E-state index in [1.807, 2.05) is 19.2 Å². The molecule has 1 aromatic rings. The fraction of sp³-hybridized carbons (Fsp3) is 0.571. The molecule has 3 rings (SSSR count). The number of aliphatic hydroxyl groups is 1. The van der Waals surface area contributed by atoms with Gasteiger partial charge in [-0.15, -0.1) is 0 Å². The van der Waals surface area contributed by atoms with Crippen LogP contribution in [-0.2, 0) is 4.74 Å². The largest absolute Gasteiger partial charge is 0.454 e. The summed E-state index contributed by atoms with van der Waals surface area (Å²) < 4.78 is 16.0. The zero-order valence-corrected chi connectivity index (χ0v) is 11.3. The van der Waals surface area contributed by atoms with Crippen molar-refractivity contribution in [3.63, 3.8) is 0 Å². The molecule has 2 aliphatic rings. The molecule has 0 unspecified atom stereocenters. The molecule has 0 aliphatic carbocycles. The predicted molar refractivity (Wildman–Crippen MR) is 70.9 cm³/mol. The van der Waals surface area contributed by atoms with E-state index in [0.29, 0.717) is 13.2 Å². The predicted octanol–water partition coefficient (Wildman–Crippen LogP) is 1.17. The quantitative estimate of drug-likeness (QED) is 0.885. The lowest BCUT2D eigenvalue weighted by Crippen LogP contribution is -2.52. The zero-order valence-electron chi connectivity index (χ0n) is 11.3.